The number of sulfone groups is 1. The molecule has 0 fully saturated rings. The molecule has 1 amide bonds. The molecule has 0 bridgehead atoms. The number of rotatable bonds is 2. The number of aromatic nitrogens is 1. The van der Waals surface area contributed by atoms with Gasteiger partial charge in [-0.1, -0.05) is 29.8 Å². The van der Waals surface area contributed by atoms with E-state index in [2.05, 4.69) is 0 Å². The van der Waals surface area contributed by atoms with Crippen LogP contribution in [-0.2, 0) is 9.84 Å². The molecule has 23 heavy (non-hydrogen) atoms. The lowest BCUT2D eigenvalue weighted by Gasteiger charge is -2.28. The van der Waals surface area contributed by atoms with Gasteiger partial charge >= 0.3 is 0 Å². The van der Waals surface area contributed by atoms with Crippen LogP contribution in [0.1, 0.15) is 28.4 Å². The fraction of sp³-hybridized carbons (Fsp3) is 0.200. The standard InChI is InChI=1S/C15H14ClN3O3S/c16-9-7-11(15(18)20)14(17)19(8-9)12-5-6-23(21,22)13-4-2-1-3-10(12)13/h1-4,7-8,12,17H,5-6H2,(H2,18,20). The predicted octanol–water partition coefficient (Wildman–Crippen LogP) is 1.49. The summed E-state index contributed by atoms with van der Waals surface area (Å²) in [6.45, 7) is 0. The van der Waals surface area contributed by atoms with Crippen LogP contribution in [0.25, 0.3) is 0 Å². The number of amides is 1. The molecule has 1 atom stereocenters. The zero-order valence-corrected chi connectivity index (χ0v) is 13.6. The lowest BCUT2D eigenvalue weighted by Crippen LogP contribution is -2.35. The van der Waals surface area contributed by atoms with Crippen molar-refractivity contribution in [1.82, 2.24) is 4.57 Å². The summed E-state index contributed by atoms with van der Waals surface area (Å²) in [5.41, 5.74) is 5.81. The van der Waals surface area contributed by atoms with Crippen LogP contribution in [0.15, 0.2) is 41.4 Å². The first-order valence-electron chi connectivity index (χ1n) is 6.89. The molecule has 2 heterocycles. The van der Waals surface area contributed by atoms with Crippen LogP contribution in [0, 0.1) is 5.41 Å². The molecule has 2 aromatic rings. The number of nitrogens with two attached hydrogens (primary N) is 1. The maximum Gasteiger partial charge on any atom is 0.252 e. The fourth-order valence-corrected chi connectivity index (χ4v) is 4.69. The largest absolute Gasteiger partial charge is 0.365 e. The lowest BCUT2D eigenvalue weighted by molar-refractivity contribution is 0.0997. The van der Waals surface area contributed by atoms with Gasteiger partial charge in [0.1, 0.15) is 5.49 Å². The first-order valence-corrected chi connectivity index (χ1v) is 8.92. The quantitative estimate of drug-likeness (QED) is 0.855. The van der Waals surface area contributed by atoms with E-state index in [1.165, 1.54) is 16.8 Å². The number of primary amides is 1. The van der Waals surface area contributed by atoms with Gasteiger partial charge in [-0.15, -0.1) is 0 Å². The Labute approximate surface area is 137 Å². The highest BCUT2D eigenvalue weighted by Crippen LogP contribution is 2.34. The molecule has 8 heteroatoms. The van der Waals surface area contributed by atoms with Crippen LogP contribution in [0.2, 0.25) is 5.02 Å². The van der Waals surface area contributed by atoms with Crippen molar-refractivity contribution >= 4 is 27.3 Å². The molecular formula is C15H14ClN3O3S. The Bertz CT molecular complexity index is 966. The summed E-state index contributed by atoms with van der Waals surface area (Å²) in [4.78, 5) is 11.7. The van der Waals surface area contributed by atoms with Crippen LogP contribution in [-0.4, -0.2) is 24.6 Å². The molecule has 1 unspecified atom stereocenters. The number of hydrogen-bond donors (Lipinski definition) is 2. The molecule has 1 aliphatic heterocycles. The second-order valence-corrected chi connectivity index (χ2v) is 7.87. The predicted molar refractivity (Wildman–Crippen MR) is 85.1 cm³/mol. The lowest BCUT2D eigenvalue weighted by atomic mass is 10.0. The molecule has 0 saturated heterocycles. The van der Waals surface area contributed by atoms with Crippen LogP contribution >= 0.6 is 11.6 Å². The van der Waals surface area contributed by atoms with E-state index in [9.17, 15) is 13.2 Å². The van der Waals surface area contributed by atoms with Crippen molar-refractivity contribution in [2.45, 2.75) is 17.4 Å². The maximum absolute atomic E-state index is 12.2. The Kier molecular flexibility index (Phi) is 3.77. The number of fused-ring (bicyclic) bond motifs is 1. The summed E-state index contributed by atoms with van der Waals surface area (Å²) in [6, 6.07) is 7.63. The zero-order valence-electron chi connectivity index (χ0n) is 12.0. The van der Waals surface area contributed by atoms with Gasteiger partial charge in [0.2, 0.25) is 0 Å². The van der Waals surface area contributed by atoms with Gasteiger partial charge in [0.15, 0.2) is 9.84 Å². The van der Waals surface area contributed by atoms with Gasteiger partial charge in [-0.2, -0.15) is 0 Å². The van der Waals surface area contributed by atoms with Gasteiger partial charge < -0.3 is 10.3 Å². The number of benzene rings is 1. The topological polar surface area (TPSA) is 106 Å². The second-order valence-electron chi connectivity index (χ2n) is 5.35. The Balaban J connectivity index is 2.25. The van der Waals surface area contributed by atoms with Crippen LogP contribution in [0.3, 0.4) is 0 Å². The number of carbonyl (C=O) groups excluding carboxylic acids is 1. The average molecular weight is 352 g/mol. The van der Waals surface area contributed by atoms with Crippen LogP contribution in [0.4, 0.5) is 0 Å². The minimum atomic E-state index is -3.33. The highest BCUT2D eigenvalue weighted by atomic mass is 35.5. The van der Waals surface area contributed by atoms with Crippen LogP contribution in [0.5, 0.6) is 0 Å². The molecular weight excluding hydrogens is 338 g/mol. The van der Waals surface area contributed by atoms with Crippen molar-refractivity contribution in [1.29, 1.82) is 5.41 Å². The molecule has 0 saturated carbocycles. The summed E-state index contributed by atoms with van der Waals surface area (Å²) in [5, 5.41) is 8.47. The van der Waals surface area contributed by atoms with Gasteiger partial charge in [-0.3, -0.25) is 10.2 Å². The Morgan fingerprint density at radius 1 is 1.35 bits per heavy atom. The Hall–Kier alpha value is -2.12. The van der Waals surface area contributed by atoms with Crippen molar-refractivity contribution < 1.29 is 13.2 Å². The number of nitrogens with zero attached hydrogens (tertiary/aromatic N) is 1. The summed E-state index contributed by atoms with van der Waals surface area (Å²) in [6.07, 6.45) is 1.82. The van der Waals surface area contributed by atoms with Gasteiger partial charge in [0, 0.05) is 6.20 Å². The number of halogens is 1. The molecule has 0 radical (unpaired) electrons. The minimum absolute atomic E-state index is 0.00316. The van der Waals surface area contributed by atoms with E-state index >= 15 is 0 Å². The molecule has 1 aromatic heterocycles. The number of pyridine rings is 1. The van der Waals surface area contributed by atoms with Gasteiger partial charge in [-0.05, 0) is 24.1 Å². The molecule has 1 aromatic carbocycles. The van der Waals surface area contributed by atoms with E-state index < -0.39 is 15.7 Å². The van der Waals surface area contributed by atoms with Crippen molar-refractivity contribution in [3.05, 3.63) is 58.2 Å². The maximum atomic E-state index is 12.2. The summed E-state index contributed by atoms with van der Waals surface area (Å²) < 4.78 is 26.0. The third kappa shape index (κ3) is 2.66. The molecule has 0 spiro atoms. The third-order valence-electron chi connectivity index (χ3n) is 3.93. The molecule has 120 valence electrons. The number of carbonyl (C=O) groups is 1. The van der Waals surface area contributed by atoms with Crippen molar-refractivity contribution in [2.75, 3.05) is 5.75 Å². The first kappa shape index (κ1) is 15.8. The van der Waals surface area contributed by atoms with Gasteiger partial charge in [0.25, 0.3) is 5.91 Å². The highest BCUT2D eigenvalue weighted by molar-refractivity contribution is 7.91. The highest BCUT2D eigenvalue weighted by Gasteiger charge is 2.31. The summed E-state index contributed by atoms with van der Waals surface area (Å²) in [5.74, 6) is -0.775. The minimum Gasteiger partial charge on any atom is -0.365 e. The van der Waals surface area contributed by atoms with E-state index in [1.807, 2.05) is 0 Å². The second kappa shape index (κ2) is 5.50. The van der Waals surface area contributed by atoms with Crippen molar-refractivity contribution in [3.8, 4) is 0 Å². The molecule has 3 rings (SSSR count). The normalized spacial score (nSPS) is 19.1. The molecule has 1 aliphatic rings. The van der Waals surface area contributed by atoms with E-state index in [4.69, 9.17) is 22.7 Å². The smallest absolute Gasteiger partial charge is 0.252 e. The fourth-order valence-electron chi connectivity index (χ4n) is 2.87. The first-order chi connectivity index (χ1) is 10.8. The Morgan fingerprint density at radius 3 is 2.74 bits per heavy atom. The number of nitrogens with one attached hydrogen (secondary N) is 1. The van der Waals surface area contributed by atoms with E-state index in [-0.39, 0.29) is 32.8 Å². The van der Waals surface area contributed by atoms with E-state index in [0.29, 0.717) is 12.0 Å². The SMILES string of the molecule is N=c1c(C(N)=O)cc(Cl)cn1C1CCS(=O)(=O)c2ccccc21. The van der Waals surface area contributed by atoms with Gasteiger partial charge in [0.05, 0.1) is 27.3 Å². The monoisotopic (exact) mass is 351 g/mol. The summed E-state index contributed by atoms with van der Waals surface area (Å²) in [7, 11) is -3.33. The van der Waals surface area contributed by atoms with Crippen molar-refractivity contribution in [3.63, 3.8) is 0 Å². The summed E-state index contributed by atoms with van der Waals surface area (Å²) >= 11 is 6.04. The third-order valence-corrected chi connectivity index (χ3v) is 5.95. The molecule has 3 N–H and O–H groups in total. The molecule has 6 nitrogen and oxygen atoms in total. The molecule has 0 aliphatic carbocycles. The van der Waals surface area contributed by atoms with Gasteiger partial charge in [-0.25, -0.2) is 8.42 Å². The zero-order chi connectivity index (χ0) is 16.8. The van der Waals surface area contributed by atoms with Crippen molar-refractivity contribution in [2.24, 2.45) is 5.73 Å². The van der Waals surface area contributed by atoms with E-state index in [0.717, 1.165) is 0 Å². The Morgan fingerprint density at radius 2 is 2.04 bits per heavy atom. The number of hydrogen-bond acceptors (Lipinski definition) is 4. The average Bonchev–Trinajstić information content (AvgIpc) is 2.50. The van der Waals surface area contributed by atoms with E-state index in [1.54, 1.807) is 24.3 Å². The van der Waals surface area contributed by atoms with Crippen LogP contribution < -0.4 is 11.2 Å².